The summed E-state index contributed by atoms with van der Waals surface area (Å²) >= 11 is 0. The number of ether oxygens (including phenoxy) is 2. The number of hydrogen-bond acceptors (Lipinski definition) is 4. The fourth-order valence-corrected chi connectivity index (χ4v) is 9.52. The largest absolute Gasteiger partial charge is 0.458 e. The molecule has 4 aromatic rings. The van der Waals surface area contributed by atoms with Crippen LogP contribution in [0.3, 0.4) is 0 Å². The van der Waals surface area contributed by atoms with Gasteiger partial charge in [-0.3, -0.25) is 0 Å². The van der Waals surface area contributed by atoms with Gasteiger partial charge in [0, 0.05) is 0 Å². The molecule has 0 bridgehead atoms. The number of esters is 2. The summed E-state index contributed by atoms with van der Waals surface area (Å²) < 4.78 is 12.0. The Hall–Kier alpha value is -4.18. The molecule has 4 aromatic carbocycles. The molecule has 0 amide bonds. The molecule has 3 aliphatic rings. The van der Waals surface area contributed by atoms with E-state index in [-0.39, 0.29) is 24.5 Å². The van der Waals surface area contributed by atoms with E-state index in [4.69, 9.17) is 9.47 Å². The lowest BCUT2D eigenvalue weighted by molar-refractivity contribution is -0.0247. The van der Waals surface area contributed by atoms with E-state index < -0.39 is 6.10 Å². The number of carbonyl (C=O) groups is 2. The van der Waals surface area contributed by atoms with Gasteiger partial charge >= 0.3 is 11.9 Å². The molecule has 7 rings (SSSR count). The maximum atomic E-state index is 13.5. The SMILES string of the molecule is CC[C@H]1CC[C@H](c2ccc(-c3ccc(C(=O)OCC(OC(=O)c4ccc(-c5ccc([C@H]6CC[C@H](CC)CC6)cc5)cc4)C4CCCCC4)cc3)cc2)CC1. The summed E-state index contributed by atoms with van der Waals surface area (Å²) in [6.45, 7) is 4.69. The van der Waals surface area contributed by atoms with Gasteiger partial charge in [-0.1, -0.05) is 119 Å². The zero-order chi connectivity index (χ0) is 37.3. The normalized spacial score (nSPS) is 22.6. The van der Waals surface area contributed by atoms with Gasteiger partial charge in [0.1, 0.15) is 12.7 Å². The first-order valence-corrected chi connectivity index (χ1v) is 21.3. The Morgan fingerprint density at radius 2 is 0.889 bits per heavy atom. The van der Waals surface area contributed by atoms with E-state index in [1.54, 1.807) is 0 Å². The van der Waals surface area contributed by atoms with E-state index in [0.717, 1.165) is 59.8 Å². The van der Waals surface area contributed by atoms with Gasteiger partial charge in [-0.25, -0.2) is 9.59 Å². The van der Waals surface area contributed by atoms with E-state index in [9.17, 15) is 9.59 Å². The molecule has 3 fully saturated rings. The van der Waals surface area contributed by atoms with Crippen molar-refractivity contribution in [2.75, 3.05) is 6.61 Å². The maximum absolute atomic E-state index is 13.5. The van der Waals surface area contributed by atoms with Crippen LogP contribution < -0.4 is 0 Å². The topological polar surface area (TPSA) is 52.6 Å². The number of carbonyl (C=O) groups excluding carboxylic acids is 2. The molecular weight excluding hydrogens is 665 g/mol. The molecule has 3 saturated carbocycles. The highest BCUT2D eigenvalue weighted by Crippen LogP contribution is 2.39. The van der Waals surface area contributed by atoms with Crippen LogP contribution in [0.25, 0.3) is 22.3 Å². The Kier molecular flexibility index (Phi) is 13.0. The van der Waals surface area contributed by atoms with Gasteiger partial charge in [0.25, 0.3) is 0 Å². The van der Waals surface area contributed by atoms with E-state index in [1.807, 2.05) is 48.5 Å². The van der Waals surface area contributed by atoms with E-state index >= 15 is 0 Å². The van der Waals surface area contributed by atoms with E-state index in [0.29, 0.717) is 23.0 Å². The van der Waals surface area contributed by atoms with Crippen LogP contribution in [0, 0.1) is 17.8 Å². The fraction of sp³-hybridized carbons (Fsp3) is 0.480. The van der Waals surface area contributed by atoms with Crippen molar-refractivity contribution in [3.05, 3.63) is 119 Å². The second kappa shape index (κ2) is 18.4. The van der Waals surface area contributed by atoms with Crippen molar-refractivity contribution in [3.63, 3.8) is 0 Å². The molecule has 4 heteroatoms. The van der Waals surface area contributed by atoms with Crippen LogP contribution in [-0.4, -0.2) is 24.6 Å². The predicted octanol–water partition coefficient (Wildman–Crippen LogP) is 13.4. The fourth-order valence-electron chi connectivity index (χ4n) is 9.52. The Morgan fingerprint density at radius 3 is 1.30 bits per heavy atom. The zero-order valence-electron chi connectivity index (χ0n) is 32.6. The lowest BCUT2D eigenvalue weighted by atomic mass is 9.77. The first kappa shape index (κ1) is 38.1. The summed E-state index contributed by atoms with van der Waals surface area (Å²) in [7, 11) is 0. The minimum Gasteiger partial charge on any atom is -0.458 e. The van der Waals surface area contributed by atoms with Crippen LogP contribution in [0.2, 0.25) is 0 Å². The van der Waals surface area contributed by atoms with Crippen molar-refractivity contribution in [2.45, 2.75) is 128 Å². The summed E-state index contributed by atoms with van der Waals surface area (Å²) in [5, 5.41) is 0. The summed E-state index contributed by atoms with van der Waals surface area (Å²) in [5.74, 6) is 2.56. The smallest absolute Gasteiger partial charge is 0.338 e. The Balaban J connectivity index is 0.935. The van der Waals surface area contributed by atoms with Crippen LogP contribution in [0.1, 0.15) is 154 Å². The summed E-state index contributed by atoms with van der Waals surface area (Å²) in [4.78, 5) is 26.7. The van der Waals surface area contributed by atoms with Gasteiger partial charge in [0.05, 0.1) is 11.1 Å². The van der Waals surface area contributed by atoms with Crippen LogP contribution in [-0.2, 0) is 9.47 Å². The second-order valence-corrected chi connectivity index (χ2v) is 16.6. The van der Waals surface area contributed by atoms with Gasteiger partial charge in [-0.05, 0) is 151 Å². The highest BCUT2D eigenvalue weighted by atomic mass is 16.6. The van der Waals surface area contributed by atoms with Crippen molar-refractivity contribution in [1.82, 2.24) is 0 Å². The van der Waals surface area contributed by atoms with Crippen molar-refractivity contribution in [1.29, 1.82) is 0 Å². The predicted molar refractivity (Wildman–Crippen MR) is 220 cm³/mol. The molecule has 0 saturated heterocycles. The lowest BCUT2D eigenvalue weighted by Crippen LogP contribution is -2.33. The molecular formula is C50H60O4. The zero-order valence-corrected chi connectivity index (χ0v) is 32.6. The van der Waals surface area contributed by atoms with Crippen molar-refractivity contribution >= 4 is 11.9 Å². The van der Waals surface area contributed by atoms with Crippen molar-refractivity contribution in [2.24, 2.45) is 17.8 Å². The Bertz CT molecular complexity index is 1770. The first-order valence-electron chi connectivity index (χ1n) is 21.3. The number of hydrogen-bond donors (Lipinski definition) is 0. The molecule has 1 atom stereocenters. The maximum Gasteiger partial charge on any atom is 0.338 e. The van der Waals surface area contributed by atoms with Gasteiger partial charge in [-0.15, -0.1) is 0 Å². The summed E-state index contributed by atoms with van der Waals surface area (Å²) in [6, 6.07) is 33.4. The van der Waals surface area contributed by atoms with Crippen LogP contribution in [0.5, 0.6) is 0 Å². The molecule has 0 N–H and O–H groups in total. The summed E-state index contributed by atoms with van der Waals surface area (Å²) in [5.41, 5.74) is 8.37. The molecule has 284 valence electrons. The molecule has 0 heterocycles. The number of rotatable bonds is 12. The van der Waals surface area contributed by atoms with Crippen molar-refractivity contribution in [3.8, 4) is 22.3 Å². The second-order valence-electron chi connectivity index (χ2n) is 16.6. The van der Waals surface area contributed by atoms with Gasteiger partial charge in [0.15, 0.2) is 0 Å². The molecule has 0 spiro atoms. The van der Waals surface area contributed by atoms with E-state index in [1.165, 1.54) is 81.8 Å². The van der Waals surface area contributed by atoms with Crippen LogP contribution in [0.4, 0.5) is 0 Å². The molecule has 0 aliphatic heterocycles. The van der Waals surface area contributed by atoms with Crippen LogP contribution >= 0.6 is 0 Å². The van der Waals surface area contributed by atoms with Gasteiger partial charge in [-0.2, -0.15) is 0 Å². The minimum absolute atomic E-state index is 0.0587. The minimum atomic E-state index is -0.476. The van der Waals surface area contributed by atoms with Crippen molar-refractivity contribution < 1.29 is 19.1 Å². The molecule has 3 aliphatic carbocycles. The van der Waals surface area contributed by atoms with Crippen LogP contribution in [0.15, 0.2) is 97.1 Å². The highest BCUT2D eigenvalue weighted by Gasteiger charge is 2.29. The third kappa shape index (κ3) is 9.54. The van der Waals surface area contributed by atoms with Gasteiger partial charge < -0.3 is 9.47 Å². The standard InChI is InChI=1S/C50H60O4/c1-3-35-10-14-37(15-11-35)39-18-22-41(23-19-39)43-26-30-46(31-27-43)49(51)53-34-48(45-8-6-5-7-9-45)54-50(52)47-32-28-44(29-33-47)42-24-20-40(21-25-42)38-16-12-36(4-2)13-17-38/h18-33,35-38,45,48H,3-17,34H2,1-2H3/t35-,36-,37-,38-,48?. The van der Waals surface area contributed by atoms with E-state index in [2.05, 4.69) is 62.4 Å². The third-order valence-corrected chi connectivity index (χ3v) is 13.3. The first-order chi connectivity index (χ1) is 26.5. The lowest BCUT2D eigenvalue weighted by Gasteiger charge is -2.29. The molecule has 1 unspecified atom stereocenters. The average Bonchev–Trinajstić information content (AvgIpc) is 3.25. The third-order valence-electron chi connectivity index (χ3n) is 13.3. The molecule has 4 nitrogen and oxygen atoms in total. The molecule has 0 radical (unpaired) electrons. The highest BCUT2D eigenvalue weighted by molar-refractivity contribution is 5.91. The Labute approximate surface area is 324 Å². The summed E-state index contributed by atoms with van der Waals surface area (Å²) in [6.07, 6.45) is 18.0. The Morgan fingerprint density at radius 1 is 0.500 bits per heavy atom. The molecule has 0 aromatic heterocycles. The monoisotopic (exact) mass is 724 g/mol. The average molecular weight is 725 g/mol. The quantitative estimate of drug-likeness (QED) is 0.137. The van der Waals surface area contributed by atoms with Gasteiger partial charge in [0.2, 0.25) is 0 Å². The number of benzene rings is 4. The molecule has 54 heavy (non-hydrogen) atoms.